The average molecular weight is 663 g/mol. The van der Waals surface area contributed by atoms with Gasteiger partial charge in [-0.15, -0.1) is 0 Å². The van der Waals surface area contributed by atoms with Crippen LogP contribution < -0.4 is 0 Å². The second-order valence-electron chi connectivity index (χ2n) is 9.51. The minimum absolute atomic E-state index is 0.0337. The van der Waals surface area contributed by atoms with Gasteiger partial charge in [-0.25, -0.2) is 0 Å². The minimum atomic E-state index is -5.96. The number of unbranched alkanes of at least 4 members (excludes halogenated alkanes) is 12. The zero-order valence-electron chi connectivity index (χ0n) is 24.0. The van der Waals surface area contributed by atoms with Gasteiger partial charge in [0.25, 0.3) is 0 Å². The third-order valence-electron chi connectivity index (χ3n) is 5.76. The SMILES string of the molecule is CCCCCCCC(=O)[O][Sn]([O]C(=O)/C=C\C(=O)O)([O]C(=O)CCCCCCC)[O]C(=O)CCCCCCC. The molecule has 0 heterocycles. The van der Waals surface area contributed by atoms with Crippen molar-refractivity contribution in [3.8, 4) is 0 Å². The first kappa shape index (κ1) is 36.9. The Labute approximate surface area is 239 Å². The molecule has 0 aliphatic heterocycles. The van der Waals surface area contributed by atoms with Crippen LogP contribution in [0.25, 0.3) is 0 Å². The molecule has 224 valence electrons. The molecule has 0 fully saturated rings. The number of carboxylic acids is 1. The number of carbonyl (C=O) groups is 5. The second kappa shape index (κ2) is 23.7. The van der Waals surface area contributed by atoms with Crippen molar-refractivity contribution < 1.29 is 41.4 Å². The summed E-state index contributed by atoms with van der Waals surface area (Å²) >= 11 is -5.96. The summed E-state index contributed by atoms with van der Waals surface area (Å²) in [5.74, 6) is -5.06. The van der Waals surface area contributed by atoms with Gasteiger partial charge in [-0.1, -0.05) is 0 Å². The van der Waals surface area contributed by atoms with Gasteiger partial charge in [-0.05, 0) is 0 Å². The molecule has 0 atom stereocenters. The third kappa shape index (κ3) is 21.4. The van der Waals surface area contributed by atoms with Crippen molar-refractivity contribution in [2.75, 3.05) is 0 Å². The summed E-state index contributed by atoms with van der Waals surface area (Å²) in [4.78, 5) is 61.4. The predicted molar refractivity (Wildman–Crippen MR) is 147 cm³/mol. The van der Waals surface area contributed by atoms with Gasteiger partial charge >= 0.3 is 240 Å². The van der Waals surface area contributed by atoms with Crippen molar-refractivity contribution in [2.24, 2.45) is 0 Å². The number of rotatable bonds is 24. The molecule has 0 radical (unpaired) electrons. The van der Waals surface area contributed by atoms with Crippen LogP contribution in [0, 0.1) is 0 Å². The number of aliphatic carboxylic acids is 1. The second-order valence-corrected chi connectivity index (χ2v) is 14.7. The molecule has 0 saturated carbocycles. The molecule has 0 rings (SSSR count). The Morgan fingerprint density at radius 3 is 1.15 bits per heavy atom. The van der Waals surface area contributed by atoms with E-state index in [0.29, 0.717) is 31.4 Å². The molecular formula is C28H48O10Sn. The summed E-state index contributed by atoms with van der Waals surface area (Å²) in [5, 5.41) is 8.84. The fraction of sp³-hybridized carbons (Fsp3) is 0.750. The van der Waals surface area contributed by atoms with Crippen molar-refractivity contribution in [3.63, 3.8) is 0 Å². The summed E-state index contributed by atoms with van der Waals surface area (Å²) < 4.78 is 21.5. The van der Waals surface area contributed by atoms with E-state index in [-0.39, 0.29) is 19.3 Å². The van der Waals surface area contributed by atoms with Crippen LogP contribution in [-0.2, 0) is 36.3 Å². The predicted octanol–water partition coefficient (Wildman–Crippen LogP) is 6.32. The van der Waals surface area contributed by atoms with Gasteiger partial charge in [-0.2, -0.15) is 0 Å². The quantitative estimate of drug-likeness (QED) is 0.0709. The van der Waals surface area contributed by atoms with Crippen LogP contribution in [0.1, 0.15) is 136 Å². The molecule has 39 heavy (non-hydrogen) atoms. The fourth-order valence-electron chi connectivity index (χ4n) is 3.61. The molecule has 1 N–H and O–H groups in total. The van der Waals surface area contributed by atoms with E-state index in [0.717, 1.165) is 77.0 Å². The monoisotopic (exact) mass is 664 g/mol. The number of carbonyl (C=O) groups excluding carboxylic acids is 4. The topological polar surface area (TPSA) is 143 Å². The summed E-state index contributed by atoms with van der Waals surface area (Å²) in [6.07, 6.45) is 13.9. The van der Waals surface area contributed by atoms with Crippen LogP contribution in [0.4, 0.5) is 0 Å². The molecule has 0 aromatic heterocycles. The van der Waals surface area contributed by atoms with Gasteiger partial charge in [0.05, 0.1) is 0 Å². The molecule has 0 saturated heterocycles. The molecule has 0 unspecified atom stereocenters. The molecule has 0 spiro atoms. The van der Waals surface area contributed by atoms with E-state index in [9.17, 15) is 24.0 Å². The summed E-state index contributed by atoms with van der Waals surface area (Å²) in [6, 6.07) is 0. The Kier molecular flexibility index (Phi) is 22.5. The van der Waals surface area contributed by atoms with Crippen LogP contribution in [-0.4, -0.2) is 55.0 Å². The van der Waals surface area contributed by atoms with Crippen LogP contribution in [0.2, 0.25) is 0 Å². The van der Waals surface area contributed by atoms with E-state index >= 15 is 0 Å². The van der Waals surface area contributed by atoms with Gasteiger partial charge in [0, 0.05) is 0 Å². The summed E-state index contributed by atoms with van der Waals surface area (Å²) in [7, 11) is 0. The van der Waals surface area contributed by atoms with Crippen molar-refractivity contribution in [1.29, 1.82) is 0 Å². The number of carboxylic acid groups (broad SMARTS) is 1. The Morgan fingerprint density at radius 2 is 0.846 bits per heavy atom. The Hall–Kier alpha value is -2.11. The molecule has 0 aliphatic rings. The van der Waals surface area contributed by atoms with Gasteiger partial charge < -0.3 is 0 Å². The van der Waals surface area contributed by atoms with E-state index in [4.69, 9.17) is 17.4 Å². The molecule has 0 aliphatic carbocycles. The molecule has 0 aromatic rings. The van der Waals surface area contributed by atoms with Crippen LogP contribution >= 0.6 is 0 Å². The van der Waals surface area contributed by atoms with Crippen molar-refractivity contribution >= 4 is 49.9 Å². The normalized spacial score (nSPS) is 11.3. The van der Waals surface area contributed by atoms with Gasteiger partial charge in [0.15, 0.2) is 0 Å². The molecule has 11 heteroatoms. The van der Waals surface area contributed by atoms with E-state index in [1.807, 2.05) is 0 Å². The number of hydrogen-bond acceptors (Lipinski definition) is 9. The molecule has 10 nitrogen and oxygen atoms in total. The van der Waals surface area contributed by atoms with Crippen molar-refractivity contribution in [2.45, 2.75) is 136 Å². The number of hydrogen-bond donors (Lipinski definition) is 1. The first-order chi connectivity index (χ1) is 18.7. The van der Waals surface area contributed by atoms with Gasteiger partial charge in [0.2, 0.25) is 0 Å². The van der Waals surface area contributed by atoms with Crippen molar-refractivity contribution in [1.82, 2.24) is 0 Å². The average Bonchev–Trinajstić information content (AvgIpc) is 2.87. The standard InChI is InChI=1S/3C8H16O2.C4H4O4.Sn/c3*1-2-3-4-5-6-7-8(9)10;5-3(6)1-2-4(7)8;/h3*2-7H2,1H3,(H,9,10);1-2H,(H,5,6)(H,7,8);/q;;;;+4/p-4/b;;;2-1-;. The van der Waals surface area contributed by atoms with E-state index < -0.39 is 49.9 Å². The maximum atomic E-state index is 12.7. The molecular weight excluding hydrogens is 615 g/mol. The Morgan fingerprint density at radius 1 is 0.513 bits per heavy atom. The van der Waals surface area contributed by atoms with Gasteiger partial charge in [0.1, 0.15) is 0 Å². The first-order valence-electron chi connectivity index (χ1n) is 14.5. The maximum absolute atomic E-state index is 12.7. The zero-order valence-corrected chi connectivity index (χ0v) is 26.9. The van der Waals surface area contributed by atoms with Crippen LogP contribution in [0.15, 0.2) is 12.2 Å². The van der Waals surface area contributed by atoms with E-state index in [1.54, 1.807) is 0 Å². The van der Waals surface area contributed by atoms with Crippen LogP contribution in [0.5, 0.6) is 0 Å². The van der Waals surface area contributed by atoms with Crippen molar-refractivity contribution in [3.05, 3.63) is 12.2 Å². The molecule has 0 amide bonds. The summed E-state index contributed by atoms with van der Waals surface area (Å²) in [6.45, 7) is 6.21. The Bertz CT molecular complexity index is 696. The third-order valence-corrected chi connectivity index (χ3v) is 11.1. The van der Waals surface area contributed by atoms with E-state index in [1.165, 1.54) is 0 Å². The van der Waals surface area contributed by atoms with Crippen LogP contribution in [0.3, 0.4) is 0 Å². The Balaban J connectivity index is 5.68. The van der Waals surface area contributed by atoms with E-state index in [2.05, 4.69) is 20.8 Å². The van der Waals surface area contributed by atoms with Gasteiger partial charge in [-0.3, -0.25) is 0 Å². The fourth-order valence-corrected chi connectivity index (χ4v) is 8.48. The molecule has 0 aromatic carbocycles. The zero-order chi connectivity index (χ0) is 29.4. The summed E-state index contributed by atoms with van der Waals surface area (Å²) in [5.41, 5.74) is 0. The first-order valence-corrected chi connectivity index (χ1v) is 19.1. The molecule has 0 bridgehead atoms.